The smallest absolute Gasteiger partial charge is 0.223 e. The van der Waals surface area contributed by atoms with E-state index >= 15 is 0 Å². The third-order valence-electron chi connectivity index (χ3n) is 3.42. The molecule has 1 saturated heterocycles. The van der Waals surface area contributed by atoms with Gasteiger partial charge in [-0.15, -0.1) is 12.4 Å². The maximum absolute atomic E-state index is 12.0. The molecule has 0 saturated carbocycles. The summed E-state index contributed by atoms with van der Waals surface area (Å²) in [4.78, 5) is 12.0. The summed E-state index contributed by atoms with van der Waals surface area (Å²) in [6.45, 7) is 2.27. The lowest BCUT2D eigenvalue weighted by Crippen LogP contribution is -2.37. The lowest BCUT2D eigenvalue weighted by molar-refractivity contribution is -0.125. The number of carbonyl (C=O) groups excluding carboxylic acids is 1. The second-order valence-corrected chi connectivity index (χ2v) is 4.75. The maximum Gasteiger partial charge on any atom is 0.223 e. The minimum Gasteiger partial charge on any atom is -0.504 e. The average Bonchev–Trinajstić information content (AvgIpc) is 2.47. The molecule has 0 atom stereocenters. The van der Waals surface area contributed by atoms with E-state index in [1.165, 1.54) is 7.11 Å². The first-order chi connectivity index (χ1) is 9.20. The Morgan fingerprint density at radius 1 is 1.45 bits per heavy atom. The molecule has 0 unspecified atom stereocenters. The Morgan fingerprint density at radius 2 is 2.15 bits per heavy atom. The molecule has 20 heavy (non-hydrogen) atoms. The molecule has 1 amide bonds. The molecule has 2 rings (SSSR count). The zero-order valence-electron chi connectivity index (χ0n) is 11.5. The molecule has 0 radical (unpaired) electrons. The number of nitrogens with one attached hydrogen (secondary N) is 2. The highest BCUT2D eigenvalue weighted by Crippen LogP contribution is 2.26. The summed E-state index contributed by atoms with van der Waals surface area (Å²) < 4.78 is 5.04. The number of carbonyl (C=O) groups is 1. The van der Waals surface area contributed by atoms with Crippen molar-refractivity contribution in [1.29, 1.82) is 0 Å². The van der Waals surface area contributed by atoms with Gasteiger partial charge in [0.25, 0.3) is 0 Å². The molecule has 1 aliphatic rings. The predicted octanol–water partition coefficient (Wildman–Crippen LogP) is 1.44. The Hall–Kier alpha value is -1.46. The Balaban J connectivity index is 0.00000200. The molecule has 6 heteroatoms. The highest BCUT2D eigenvalue weighted by molar-refractivity contribution is 5.85. The second kappa shape index (κ2) is 7.97. The van der Waals surface area contributed by atoms with E-state index in [1.54, 1.807) is 18.2 Å². The first-order valence-electron chi connectivity index (χ1n) is 6.55. The van der Waals surface area contributed by atoms with Gasteiger partial charge in [-0.1, -0.05) is 6.07 Å². The first-order valence-corrected chi connectivity index (χ1v) is 6.55. The maximum atomic E-state index is 12.0. The summed E-state index contributed by atoms with van der Waals surface area (Å²) in [5.41, 5.74) is 0.914. The Bertz CT molecular complexity index is 448. The fraction of sp³-hybridized carbons (Fsp3) is 0.500. The van der Waals surface area contributed by atoms with E-state index in [0.29, 0.717) is 12.3 Å². The molecular weight excluding hydrogens is 280 g/mol. The molecule has 0 aliphatic carbocycles. The number of ether oxygens (including phenoxy) is 1. The second-order valence-electron chi connectivity index (χ2n) is 4.75. The summed E-state index contributed by atoms with van der Waals surface area (Å²) in [5.74, 6) is 0.748. The van der Waals surface area contributed by atoms with E-state index in [1.807, 2.05) is 0 Å². The summed E-state index contributed by atoms with van der Waals surface area (Å²) in [7, 11) is 1.51. The van der Waals surface area contributed by atoms with Crippen molar-refractivity contribution in [2.45, 2.75) is 19.4 Å². The van der Waals surface area contributed by atoms with Gasteiger partial charge in [-0.3, -0.25) is 4.79 Å². The largest absolute Gasteiger partial charge is 0.504 e. The number of amides is 1. The molecule has 0 bridgehead atoms. The van der Waals surface area contributed by atoms with Crippen molar-refractivity contribution in [2.75, 3.05) is 20.2 Å². The Morgan fingerprint density at radius 3 is 2.80 bits per heavy atom. The van der Waals surface area contributed by atoms with E-state index < -0.39 is 0 Å². The average molecular weight is 301 g/mol. The number of phenols is 1. The minimum absolute atomic E-state index is 0. The lowest BCUT2D eigenvalue weighted by atomic mass is 9.97. The summed E-state index contributed by atoms with van der Waals surface area (Å²) in [6.07, 6.45) is 1.79. The van der Waals surface area contributed by atoms with Gasteiger partial charge < -0.3 is 20.5 Å². The number of hydrogen-bond donors (Lipinski definition) is 3. The Labute approximate surface area is 125 Å². The molecule has 1 aliphatic heterocycles. The van der Waals surface area contributed by atoms with Crippen molar-refractivity contribution in [1.82, 2.24) is 10.6 Å². The van der Waals surface area contributed by atoms with E-state index in [-0.39, 0.29) is 30.0 Å². The number of aromatic hydroxyl groups is 1. The van der Waals surface area contributed by atoms with Crippen LogP contribution >= 0.6 is 12.4 Å². The van der Waals surface area contributed by atoms with Crippen molar-refractivity contribution in [3.63, 3.8) is 0 Å². The van der Waals surface area contributed by atoms with Gasteiger partial charge in [0.1, 0.15) is 0 Å². The highest BCUT2D eigenvalue weighted by atomic mass is 35.5. The fourth-order valence-corrected chi connectivity index (χ4v) is 2.25. The van der Waals surface area contributed by atoms with Gasteiger partial charge in [-0.2, -0.15) is 0 Å². The molecule has 1 fully saturated rings. The quantitative estimate of drug-likeness (QED) is 0.787. The summed E-state index contributed by atoms with van der Waals surface area (Å²) in [5, 5.41) is 15.7. The molecule has 1 aromatic carbocycles. The normalized spacial score (nSPS) is 15.2. The standard InChI is InChI=1S/C14H20N2O3.ClH/c1-19-13-8-10(2-3-12(13)17)9-16-14(18)11-4-6-15-7-5-11;/h2-3,8,11,15,17H,4-7,9H2,1H3,(H,16,18);1H. The van der Waals surface area contributed by atoms with Crippen LogP contribution in [0.25, 0.3) is 0 Å². The summed E-state index contributed by atoms with van der Waals surface area (Å²) in [6, 6.07) is 5.09. The van der Waals surface area contributed by atoms with Gasteiger partial charge in [0.15, 0.2) is 11.5 Å². The number of phenolic OH excluding ortho intramolecular Hbond substituents is 1. The van der Waals surface area contributed by atoms with Gasteiger partial charge in [-0.25, -0.2) is 0 Å². The monoisotopic (exact) mass is 300 g/mol. The van der Waals surface area contributed by atoms with Crippen molar-refractivity contribution >= 4 is 18.3 Å². The number of benzene rings is 1. The van der Waals surface area contributed by atoms with Crippen LogP contribution in [0.15, 0.2) is 18.2 Å². The number of methoxy groups -OCH3 is 1. The third kappa shape index (κ3) is 4.28. The van der Waals surface area contributed by atoms with Crippen LogP contribution in [0.5, 0.6) is 11.5 Å². The number of halogens is 1. The van der Waals surface area contributed by atoms with E-state index in [4.69, 9.17) is 4.74 Å². The van der Waals surface area contributed by atoms with E-state index in [2.05, 4.69) is 10.6 Å². The van der Waals surface area contributed by atoms with Crippen LogP contribution in [0, 0.1) is 5.92 Å². The zero-order valence-corrected chi connectivity index (χ0v) is 12.3. The van der Waals surface area contributed by atoms with Crippen molar-refractivity contribution in [3.8, 4) is 11.5 Å². The number of rotatable bonds is 4. The molecular formula is C14H21ClN2O3. The van der Waals surface area contributed by atoms with Crippen molar-refractivity contribution in [2.24, 2.45) is 5.92 Å². The van der Waals surface area contributed by atoms with E-state index in [9.17, 15) is 9.90 Å². The summed E-state index contributed by atoms with van der Waals surface area (Å²) >= 11 is 0. The molecule has 112 valence electrons. The molecule has 1 heterocycles. The van der Waals surface area contributed by atoms with Crippen LogP contribution in [0.1, 0.15) is 18.4 Å². The molecule has 0 aromatic heterocycles. The SMILES string of the molecule is COc1cc(CNC(=O)C2CCNCC2)ccc1O.Cl. The van der Waals surface area contributed by atoms with E-state index in [0.717, 1.165) is 31.5 Å². The predicted molar refractivity (Wildman–Crippen MR) is 79.3 cm³/mol. The van der Waals surface area contributed by atoms with Gasteiger partial charge in [0, 0.05) is 12.5 Å². The van der Waals surface area contributed by atoms with Crippen LogP contribution in [0.4, 0.5) is 0 Å². The topological polar surface area (TPSA) is 70.6 Å². The van der Waals surface area contributed by atoms with Gasteiger partial charge in [0.2, 0.25) is 5.91 Å². The van der Waals surface area contributed by atoms with Gasteiger partial charge in [-0.05, 0) is 43.6 Å². The highest BCUT2D eigenvalue weighted by Gasteiger charge is 2.20. The van der Waals surface area contributed by atoms with Crippen LogP contribution in [-0.4, -0.2) is 31.2 Å². The van der Waals surface area contributed by atoms with Crippen LogP contribution in [0.2, 0.25) is 0 Å². The number of piperidine rings is 1. The Kier molecular flexibility index (Phi) is 6.61. The van der Waals surface area contributed by atoms with Gasteiger partial charge >= 0.3 is 0 Å². The zero-order chi connectivity index (χ0) is 13.7. The van der Waals surface area contributed by atoms with Crippen molar-refractivity contribution in [3.05, 3.63) is 23.8 Å². The van der Waals surface area contributed by atoms with Gasteiger partial charge in [0.05, 0.1) is 7.11 Å². The van der Waals surface area contributed by atoms with Crippen LogP contribution < -0.4 is 15.4 Å². The minimum atomic E-state index is 0. The fourth-order valence-electron chi connectivity index (χ4n) is 2.25. The molecule has 3 N–H and O–H groups in total. The third-order valence-corrected chi connectivity index (χ3v) is 3.42. The van der Waals surface area contributed by atoms with Crippen LogP contribution in [-0.2, 0) is 11.3 Å². The molecule has 0 spiro atoms. The first kappa shape index (κ1) is 16.6. The lowest BCUT2D eigenvalue weighted by Gasteiger charge is -2.21. The van der Waals surface area contributed by atoms with Crippen LogP contribution in [0.3, 0.4) is 0 Å². The number of hydrogen-bond acceptors (Lipinski definition) is 4. The van der Waals surface area contributed by atoms with Crippen molar-refractivity contribution < 1.29 is 14.6 Å². The molecule has 1 aromatic rings. The molecule has 5 nitrogen and oxygen atoms in total.